The Hall–Kier alpha value is -3.10. The van der Waals surface area contributed by atoms with Gasteiger partial charge in [0, 0.05) is 17.3 Å². The van der Waals surface area contributed by atoms with Gasteiger partial charge in [-0.3, -0.25) is 9.59 Å². The molecule has 0 radical (unpaired) electrons. The highest BCUT2D eigenvalue weighted by Gasteiger charge is 2.21. The van der Waals surface area contributed by atoms with Crippen LogP contribution < -0.4 is 15.8 Å². The van der Waals surface area contributed by atoms with Crippen molar-refractivity contribution in [2.24, 2.45) is 5.73 Å². The zero-order valence-electron chi connectivity index (χ0n) is 11.9. The fraction of sp³-hybridized carbons (Fsp3) is 0.0667. The smallest absolute Gasteiger partial charge is 0.262 e. The number of carbonyl (C=O) groups excluding carboxylic acids is 2. The van der Waals surface area contributed by atoms with E-state index in [1.807, 2.05) is 0 Å². The summed E-state index contributed by atoms with van der Waals surface area (Å²) in [5, 5.41) is 2.30. The molecule has 0 heterocycles. The maximum atomic E-state index is 13.4. The molecule has 0 spiro atoms. The van der Waals surface area contributed by atoms with Crippen molar-refractivity contribution < 1.29 is 31.9 Å². The highest BCUT2D eigenvalue weighted by atomic mass is 19.2. The van der Waals surface area contributed by atoms with Crippen LogP contribution in [0.5, 0.6) is 5.75 Å². The summed E-state index contributed by atoms with van der Waals surface area (Å²) >= 11 is 0. The van der Waals surface area contributed by atoms with Crippen molar-refractivity contribution in [2.75, 3.05) is 11.9 Å². The summed E-state index contributed by atoms with van der Waals surface area (Å²) in [6.45, 7) is -0.895. The molecule has 3 N–H and O–H groups in total. The van der Waals surface area contributed by atoms with Gasteiger partial charge in [0.05, 0.1) is 0 Å². The van der Waals surface area contributed by atoms with Crippen LogP contribution in [0.2, 0.25) is 0 Å². The zero-order chi connectivity index (χ0) is 17.9. The Morgan fingerprint density at radius 1 is 1.00 bits per heavy atom. The second-order valence-corrected chi connectivity index (χ2v) is 4.58. The zero-order valence-corrected chi connectivity index (χ0v) is 11.9. The third kappa shape index (κ3) is 3.80. The highest BCUT2D eigenvalue weighted by Crippen LogP contribution is 2.26. The number of hydrogen-bond acceptors (Lipinski definition) is 3. The Balaban J connectivity index is 2.02. The average Bonchev–Trinajstić information content (AvgIpc) is 2.53. The summed E-state index contributed by atoms with van der Waals surface area (Å²) in [6, 6.07) is 5.44. The van der Waals surface area contributed by atoms with Crippen molar-refractivity contribution in [1.82, 2.24) is 0 Å². The van der Waals surface area contributed by atoms with Crippen LogP contribution in [0.25, 0.3) is 0 Å². The topological polar surface area (TPSA) is 81.4 Å². The predicted octanol–water partition coefficient (Wildman–Crippen LogP) is 2.36. The van der Waals surface area contributed by atoms with E-state index in [1.165, 1.54) is 24.3 Å². The van der Waals surface area contributed by atoms with Crippen LogP contribution in [0.15, 0.2) is 30.3 Å². The lowest BCUT2D eigenvalue weighted by molar-refractivity contribution is -0.118. The first kappa shape index (κ1) is 17.3. The first-order valence-corrected chi connectivity index (χ1v) is 6.45. The van der Waals surface area contributed by atoms with Crippen LogP contribution in [0.1, 0.15) is 10.4 Å². The van der Waals surface area contributed by atoms with Crippen molar-refractivity contribution in [1.29, 1.82) is 0 Å². The minimum atomic E-state index is -1.74. The average molecular weight is 342 g/mol. The molecule has 0 aliphatic heterocycles. The molecule has 2 amide bonds. The lowest BCUT2D eigenvalue weighted by Gasteiger charge is -2.10. The molecule has 0 fully saturated rings. The molecule has 0 atom stereocenters. The van der Waals surface area contributed by atoms with Gasteiger partial charge in [0.1, 0.15) is 0 Å². The van der Waals surface area contributed by atoms with E-state index in [-0.39, 0.29) is 17.3 Å². The minimum absolute atomic E-state index is 0.0257. The summed E-state index contributed by atoms with van der Waals surface area (Å²) in [5.74, 6) is -9.61. The number of benzene rings is 2. The molecule has 0 aromatic heterocycles. The number of halogens is 4. The fourth-order valence-electron chi connectivity index (χ4n) is 1.73. The van der Waals surface area contributed by atoms with E-state index in [4.69, 9.17) is 5.73 Å². The van der Waals surface area contributed by atoms with Crippen LogP contribution in [0, 0.1) is 23.3 Å². The molecule has 0 aliphatic rings. The van der Waals surface area contributed by atoms with E-state index in [0.29, 0.717) is 0 Å². The molecule has 2 aromatic carbocycles. The summed E-state index contributed by atoms with van der Waals surface area (Å²) in [4.78, 5) is 22.5. The van der Waals surface area contributed by atoms with Gasteiger partial charge < -0.3 is 15.8 Å². The number of primary amides is 1. The summed E-state index contributed by atoms with van der Waals surface area (Å²) in [6.07, 6.45) is 0. The van der Waals surface area contributed by atoms with Gasteiger partial charge in [-0.1, -0.05) is 0 Å². The molecule has 126 valence electrons. The van der Waals surface area contributed by atoms with Gasteiger partial charge in [-0.05, 0) is 24.3 Å². The lowest BCUT2D eigenvalue weighted by atomic mass is 10.2. The number of hydrogen-bond donors (Lipinski definition) is 2. The lowest BCUT2D eigenvalue weighted by Crippen LogP contribution is -2.21. The fourth-order valence-corrected chi connectivity index (χ4v) is 1.73. The van der Waals surface area contributed by atoms with E-state index in [2.05, 4.69) is 10.1 Å². The first-order valence-electron chi connectivity index (χ1n) is 6.45. The van der Waals surface area contributed by atoms with Gasteiger partial charge in [-0.2, -0.15) is 8.78 Å². The molecule has 0 saturated heterocycles. The van der Waals surface area contributed by atoms with Gasteiger partial charge in [-0.15, -0.1) is 0 Å². The van der Waals surface area contributed by atoms with E-state index in [0.717, 1.165) is 0 Å². The van der Waals surface area contributed by atoms with Gasteiger partial charge >= 0.3 is 0 Å². The van der Waals surface area contributed by atoms with Gasteiger partial charge in [-0.25, -0.2) is 8.78 Å². The second-order valence-electron chi connectivity index (χ2n) is 4.58. The van der Waals surface area contributed by atoms with Crippen LogP contribution in [0.3, 0.4) is 0 Å². The summed E-state index contributed by atoms with van der Waals surface area (Å²) in [5.41, 5.74) is 5.51. The van der Waals surface area contributed by atoms with Crippen LogP contribution >= 0.6 is 0 Å². The second kappa shape index (κ2) is 6.99. The van der Waals surface area contributed by atoms with Crippen molar-refractivity contribution >= 4 is 17.5 Å². The quantitative estimate of drug-likeness (QED) is 0.646. The SMILES string of the molecule is NC(=O)c1ccc(NC(=O)COc2c(F)c(F)cc(F)c2F)cc1. The molecule has 9 heteroatoms. The monoisotopic (exact) mass is 342 g/mol. The number of anilines is 1. The summed E-state index contributed by atoms with van der Waals surface area (Å²) in [7, 11) is 0. The largest absolute Gasteiger partial charge is 0.477 e. The van der Waals surface area contributed by atoms with Gasteiger partial charge in [0.15, 0.2) is 24.0 Å². The van der Waals surface area contributed by atoms with Gasteiger partial charge in [0.2, 0.25) is 17.5 Å². The first-order chi connectivity index (χ1) is 11.3. The van der Waals surface area contributed by atoms with E-state index >= 15 is 0 Å². The van der Waals surface area contributed by atoms with Crippen LogP contribution in [-0.4, -0.2) is 18.4 Å². The maximum absolute atomic E-state index is 13.4. The number of rotatable bonds is 5. The van der Waals surface area contributed by atoms with E-state index in [1.54, 1.807) is 0 Å². The molecule has 0 saturated carbocycles. The molecule has 2 rings (SSSR count). The molecular weight excluding hydrogens is 332 g/mol. The molecule has 24 heavy (non-hydrogen) atoms. The normalized spacial score (nSPS) is 10.3. The molecular formula is C15H10F4N2O3. The molecule has 5 nitrogen and oxygen atoms in total. The Labute approximate surface area is 133 Å². The molecule has 0 bridgehead atoms. The van der Waals surface area contributed by atoms with E-state index in [9.17, 15) is 27.2 Å². The predicted molar refractivity (Wildman–Crippen MR) is 75.4 cm³/mol. The number of ether oxygens (including phenoxy) is 1. The molecule has 0 unspecified atom stereocenters. The Kier molecular flexibility index (Phi) is 5.02. The number of nitrogens with one attached hydrogen (secondary N) is 1. The van der Waals surface area contributed by atoms with Crippen molar-refractivity contribution in [3.63, 3.8) is 0 Å². The summed E-state index contributed by atoms with van der Waals surface area (Å²) < 4.78 is 57.2. The van der Waals surface area contributed by atoms with Crippen molar-refractivity contribution in [2.45, 2.75) is 0 Å². The number of carbonyl (C=O) groups is 2. The van der Waals surface area contributed by atoms with Crippen LogP contribution in [0.4, 0.5) is 23.2 Å². The van der Waals surface area contributed by atoms with Crippen LogP contribution in [-0.2, 0) is 4.79 Å². The Bertz CT molecular complexity index is 768. The number of amides is 2. The Morgan fingerprint density at radius 3 is 2.04 bits per heavy atom. The molecule has 2 aromatic rings. The maximum Gasteiger partial charge on any atom is 0.262 e. The Morgan fingerprint density at radius 2 is 1.54 bits per heavy atom. The third-order valence-corrected chi connectivity index (χ3v) is 2.87. The minimum Gasteiger partial charge on any atom is -0.477 e. The third-order valence-electron chi connectivity index (χ3n) is 2.87. The standard InChI is InChI=1S/C15H10F4N2O3/c16-9-5-10(17)13(19)14(12(9)18)24-6-11(22)21-8-3-1-7(2-4-8)15(20)23/h1-5H,6H2,(H2,20,23)(H,21,22). The molecule has 0 aliphatic carbocycles. The van der Waals surface area contributed by atoms with Gasteiger partial charge in [0.25, 0.3) is 5.91 Å². The van der Waals surface area contributed by atoms with Crippen molar-refractivity contribution in [3.05, 3.63) is 59.2 Å². The van der Waals surface area contributed by atoms with Crippen molar-refractivity contribution in [3.8, 4) is 5.75 Å². The number of nitrogens with two attached hydrogens (primary N) is 1. The highest BCUT2D eigenvalue weighted by molar-refractivity contribution is 5.95. The van der Waals surface area contributed by atoms with E-state index < -0.39 is 47.4 Å².